The van der Waals surface area contributed by atoms with Gasteiger partial charge in [0.25, 0.3) is 0 Å². The largest absolute Gasteiger partial charge is 0.393 e. The zero-order valence-electron chi connectivity index (χ0n) is 29.5. The van der Waals surface area contributed by atoms with Crippen LogP contribution in [-0.4, -0.2) is 104 Å². The van der Waals surface area contributed by atoms with E-state index in [2.05, 4.69) is 28.8 Å². The van der Waals surface area contributed by atoms with Gasteiger partial charge >= 0.3 is 0 Å². The first-order valence-electron chi connectivity index (χ1n) is 17.9. The number of imide groups is 1. The topological polar surface area (TPSA) is 212 Å². The number of likely N-dealkylation sites (N-methyl/N-ethyl adjacent to an activating group) is 1. The van der Waals surface area contributed by atoms with E-state index in [9.17, 15) is 39.3 Å². The van der Waals surface area contributed by atoms with Crippen LogP contribution in [0.25, 0.3) is 0 Å². The fourth-order valence-electron chi connectivity index (χ4n) is 9.91. The summed E-state index contributed by atoms with van der Waals surface area (Å²) in [7, 11) is 1.62. The molecular weight excluding hydrogens is 662 g/mol. The third kappa shape index (κ3) is 6.73. The van der Waals surface area contributed by atoms with Gasteiger partial charge in [-0.05, 0) is 75.5 Å². The summed E-state index contributed by atoms with van der Waals surface area (Å²) >= 11 is 1.25. The van der Waals surface area contributed by atoms with Gasteiger partial charge < -0.3 is 26.4 Å². The second-order valence-corrected chi connectivity index (χ2v) is 16.6. The van der Waals surface area contributed by atoms with E-state index < -0.39 is 52.1 Å². The molecule has 13 nitrogen and oxygen atoms in total. The Labute approximate surface area is 297 Å². The second kappa shape index (κ2) is 15.0. The Bertz CT molecular complexity index is 1480. The maximum absolute atomic E-state index is 12.9. The van der Waals surface area contributed by atoms with Gasteiger partial charge in [0.05, 0.1) is 23.1 Å². The molecule has 7 N–H and O–H groups in total. The zero-order chi connectivity index (χ0) is 36.6. The Hall–Kier alpha value is -2.91. The number of fused-ring (bicyclic) bond motifs is 5. The minimum absolute atomic E-state index is 0.0331. The summed E-state index contributed by atoms with van der Waals surface area (Å²) in [6.07, 6.45) is 9.83. The highest BCUT2D eigenvalue weighted by Crippen LogP contribution is 2.68. The molecule has 5 aliphatic rings. The highest BCUT2D eigenvalue weighted by Gasteiger charge is 2.70. The van der Waals surface area contributed by atoms with Gasteiger partial charge in [-0.15, -0.1) is 11.8 Å². The lowest BCUT2D eigenvalue weighted by atomic mass is 9.46. The number of amides is 4. The molecule has 5 rings (SSSR count). The maximum atomic E-state index is 12.9. The van der Waals surface area contributed by atoms with Crippen LogP contribution in [0.2, 0.25) is 0 Å². The third-order valence-corrected chi connectivity index (χ3v) is 13.9. The molecule has 1 saturated heterocycles. The van der Waals surface area contributed by atoms with Gasteiger partial charge in [-0.3, -0.25) is 28.9 Å². The number of aliphatic hydroxyl groups excluding tert-OH is 2. The van der Waals surface area contributed by atoms with Gasteiger partial charge in [-0.1, -0.05) is 38.8 Å². The number of thioether (sulfide) groups is 1. The number of nitrogens with one attached hydrogen (secondary N) is 2. The zero-order valence-corrected chi connectivity index (χ0v) is 30.3. The van der Waals surface area contributed by atoms with Gasteiger partial charge in [0.2, 0.25) is 23.6 Å². The average molecular weight is 716 g/mol. The molecule has 1 aliphatic heterocycles. The number of hydrogen-bond donors (Lipinski definition) is 6. The predicted molar refractivity (Wildman–Crippen MR) is 188 cm³/mol. The highest BCUT2D eigenvalue weighted by molar-refractivity contribution is 8.00. The molecule has 14 heteroatoms. The molecular formula is C36H53N5O8S. The number of Topliss-reactive ketones (excluding diaryl/α,β-unsaturated/α-hetero) is 1. The van der Waals surface area contributed by atoms with Gasteiger partial charge in [0.15, 0.2) is 5.78 Å². The fourth-order valence-corrected chi connectivity index (χ4v) is 11.2. The van der Waals surface area contributed by atoms with Crippen molar-refractivity contribution in [2.24, 2.45) is 45.3 Å². The van der Waals surface area contributed by atoms with E-state index in [4.69, 9.17) is 5.73 Å². The molecule has 0 spiro atoms. The van der Waals surface area contributed by atoms with E-state index in [1.54, 1.807) is 7.05 Å². The Morgan fingerprint density at radius 3 is 2.62 bits per heavy atom. The van der Waals surface area contributed by atoms with Gasteiger partial charge in [-0.2, -0.15) is 5.10 Å². The number of aliphatic hydroxyl groups is 3. The van der Waals surface area contributed by atoms with Crippen molar-refractivity contribution in [3.63, 3.8) is 0 Å². The van der Waals surface area contributed by atoms with Crippen LogP contribution in [0.5, 0.6) is 0 Å². The van der Waals surface area contributed by atoms with E-state index in [1.807, 2.05) is 26.0 Å². The van der Waals surface area contributed by atoms with Crippen LogP contribution in [0.15, 0.2) is 28.9 Å². The number of allylic oxidation sites excluding steroid dienone is 4. The van der Waals surface area contributed by atoms with Crippen molar-refractivity contribution in [3.05, 3.63) is 23.8 Å². The van der Waals surface area contributed by atoms with Crippen molar-refractivity contribution in [1.29, 1.82) is 0 Å². The molecule has 0 aromatic rings. The van der Waals surface area contributed by atoms with E-state index in [-0.39, 0.29) is 67.2 Å². The lowest BCUT2D eigenvalue weighted by molar-refractivity contribution is -0.183. The number of carbonyl (C=O) groups excluding carboxylic acids is 5. The predicted octanol–water partition coefficient (Wildman–Crippen LogP) is 1.20. The van der Waals surface area contributed by atoms with Crippen molar-refractivity contribution in [3.8, 4) is 0 Å². The van der Waals surface area contributed by atoms with Gasteiger partial charge in [-0.25, -0.2) is 5.43 Å². The number of likely N-dealkylation sites (tertiary alicyclic amines) is 1. The first-order chi connectivity index (χ1) is 23.6. The summed E-state index contributed by atoms with van der Waals surface area (Å²) in [5, 5.41) is 39.6. The monoisotopic (exact) mass is 715 g/mol. The molecule has 10 atom stereocenters. The third-order valence-electron chi connectivity index (χ3n) is 12.6. The van der Waals surface area contributed by atoms with Crippen LogP contribution in [0, 0.1) is 34.5 Å². The molecule has 50 heavy (non-hydrogen) atoms. The minimum Gasteiger partial charge on any atom is -0.393 e. The quantitative estimate of drug-likeness (QED) is 0.0860. The summed E-state index contributed by atoms with van der Waals surface area (Å²) < 4.78 is 0. The number of primary amides is 1. The number of ketones is 1. The molecule has 1 heterocycles. The first kappa shape index (κ1) is 38.3. The van der Waals surface area contributed by atoms with Crippen LogP contribution in [0.1, 0.15) is 78.6 Å². The lowest BCUT2D eigenvalue weighted by Crippen LogP contribution is -2.62. The molecule has 3 saturated carbocycles. The SMILES string of the molecule is CN[C@@H](CSC1CC(=O)N(CCCCCC(=O)N/N=C2/C=C[C@@]3(C)C(=C2)CC[C@@H]2C3[C@@H](O)C[C@@]3(C)C2C[C@@H](C)[C@]3(O)C(=O)CO)C1=O)C(N)=O. The van der Waals surface area contributed by atoms with E-state index in [1.165, 1.54) is 16.7 Å². The molecule has 4 fully saturated rings. The maximum Gasteiger partial charge on any atom is 0.242 e. The number of nitrogens with two attached hydrogens (primary N) is 1. The van der Waals surface area contributed by atoms with E-state index >= 15 is 0 Å². The summed E-state index contributed by atoms with van der Waals surface area (Å²) in [5.41, 5.74) is 6.80. The van der Waals surface area contributed by atoms with Crippen LogP contribution in [0.4, 0.5) is 0 Å². The number of unbranched alkanes of at least 4 members (excludes halogenated alkanes) is 2. The van der Waals surface area contributed by atoms with Crippen molar-refractivity contribution in [2.45, 2.75) is 102 Å². The lowest BCUT2D eigenvalue weighted by Gasteiger charge is -2.59. The van der Waals surface area contributed by atoms with Gasteiger partial charge in [0.1, 0.15) is 12.2 Å². The molecule has 0 bridgehead atoms. The summed E-state index contributed by atoms with van der Waals surface area (Å²) in [5.74, 6) is -1.77. The van der Waals surface area contributed by atoms with Gasteiger partial charge in [0, 0.05) is 41.9 Å². The van der Waals surface area contributed by atoms with Crippen molar-refractivity contribution in [1.82, 2.24) is 15.6 Å². The van der Waals surface area contributed by atoms with Crippen LogP contribution < -0.4 is 16.5 Å². The smallest absolute Gasteiger partial charge is 0.242 e. The number of rotatable bonds is 14. The second-order valence-electron chi connectivity index (χ2n) is 15.3. The summed E-state index contributed by atoms with van der Waals surface area (Å²) in [6, 6.07) is -0.573. The molecule has 4 aliphatic carbocycles. The average Bonchev–Trinajstić information content (AvgIpc) is 3.46. The Morgan fingerprint density at radius 2 is 1.94 bits per heavy atom. The van der Waals surface area contributed by atoms with E-state index in [0.29, 0.717) is 37.1 Å². The first-order valence-corrected chi connectivity index (χ1v) is 18.9. The van der Waals surface area contributed by atoms with Crippen molar-refractivity contribution < 1.29 is 39.3 Å². The van der Waals surface area contributed by atoms with E-state index in [0.717, 1.165) is 18.4 Å². The number of carbonyl (C=O) groups is 5. The molecule has 0 aromatic heterocycles. The molecule has 0 aromatic carbocycles. The molecule has 3 unspecified atom stereocenters. The minimum atomic E-state index is -1.67. The molecule has 0 radical (unpaired) electrons. The number of nitrogens with zero attached hydrogens (tertiary/aromatic N) is 2. The normalized spacial score (nSPS) is 37.6. The highest BCUT2D eigenvalue weighted by atomic mass is 32.2. The van der Waals surface area contributed by atoms with Crippen molar-refractivity contribution >= 4 is 46.9 Å². The Morgan fingerprint density at radius 1 is 1.20 bits per heavy atom. The molecule has 4 amide bonds. The summed E-state index contributed by atoms with van der Waals surface area (Å²) in [4.78, 5) is 63.3. The Kier molecular flexibility index (Phi) is 11.5. The number of hydrazone groups is 1. The van der Waals surface area contributed by atoms with Crippen LogP contribution in [-0.2, 0) is 24.0 Å². The van der Waals surface area contributed by atoms with Crippen LogP contribution in [0.3, 0.4) is 0 Å². The Balaban J connectivity index is 1.10. The molecule has 276 valence electrons. The standard InChI is InChI=1S/C36H53N5O8S/c1-20-14-24-23-10-9-21-15-22(11-12-34(21,2)31(23)26(43)17-35(24,3)36(20,49)28(44)18-42)39-40-29(45)8-6-5-7-13-41-30(46)16-27(33(41)48)50-19-25(38-4)32(37)47/h11-12,15,20,23-27,31,38,42-43,49H,5-10,13-14,16-19H2,1-4H3,(H2,37,47)(H,40,45)/b39-22-/t20-,23+,24?,25+,26+,27?,31?,34+,35+,36+/m1/s1. The van der Waals surface area contributed by atoms with Crippen molar-refractivity contribution in [2.75, 3.05) is 26.0 Å². The van der Waals surface area contributed by atoms with Crippen LogP contribution >= 0.6 is 11.8 Å². The number of hydrogen-bond acceptors (Lipinski definition) is 11. The summed E-state index contributed by atoms with van der Waals surface area (Å²) in [6.45, 7) is 5.48. The fraction of sp³-hybridized carbons (Fsp3) is 0.722.